The minimum Gasteiger partial charge on any atom is -0.271 e. The minimum absolute atomic E-state index is 0.0101. The van der Waals surface area contributed by atoms with Crippen molar-refractivity contribution in [3.8, 4) is 0 Å². The highest BCUT2D eigenvalue weighted by atomic mass is 79.9. The molecule has 21 heavy (non-hydrogen) atoms. The van der Waals surface area contributed by atoms with Gasteiger partial charge in [0.1, 0.15) is 0 Å². The molecule has 1 atom stereocenters. The van der Waals surface area contributed by atoms with E-state index >= 15 is 0 Å². The molecule has 0 aliphatic carbocycles. The Labute approximate surface area is 128 Å². The van der Waals surface area contributed by atoms with Crippen molar-refractivity contribution in [2.24, 2.45) is 5.84 Å². The zero-order valence-corrected chi connectivity index (χ0v) is 12.4. The molecule has 2 rings (SSSR count). The maximum absolute atomic E-state index is 12.9. The second-order valence-corrected chi connectivity index (χ2v) is 5.38. The van der Waals surface area contributed by atoms with Crippen molar-refractivity contribution in [2.75, 3.05) is 0 Å². The number of hydrogen-bond acceptors (Lipinski definition) is 3. The summed E-state index contributed by atoms with van der Waals surface area (Å²) in [5, 5.41) is 0. The van der Waals surface area contributed by atoms with Crippen molar-refractivity contribution in [1.82, 2.24) is 10.4 Å². The predicted octanol–water partition coefficient (Wildman–Crippen LogP) is 3.61. The van der Waals surface area contributed by atoms with Crippen LogP contribution in [0.25, 0.3) is 0 Å². The van der Waals surface area contributed by atoms with E-state index in [0.717, 1.165) is 11.6 Å². The largest absolute Gasteiger partial charge is 0.417 e. The topological polar surface area (TPSA) is 50.9 Å². The molecule has 1 heterocycles. The van der Waals surface area contributed by atoms with Crippen LogP contribution in [0.5, 0.6) is 0 Å². The van der Waals surface area contributed by atoms with Crippen molar-refractivity contribution in [2.45, 2.75) is 18.6 Å². The van der Waals surface area contributed by atoms with Gasteiger partial charge in [0.15, 0.2) is 0 Å². The molecule has 0 saturated heterocycles. The highest BCUT2D eigenvalue weighted by molar-refractivity contribution is 9.10. The van der Waals surface area contributed by atoms with E-state index in [2.05, 4.69) is 26.3 Å². The van der Waals surface area contributed by atoms with Crippen LogP contribution in [0.4, 0.5) is 13.2 Å². The highest BCUT2D eigenvalue weighted by Crippen LogP contribution is 2.36. The van der Waals surface area contributed by atoms with Gasteiger partial charge in [0.25, 0.3) is 0 Å². The van der Waals surface area contributed by atoms with Crippen molar-refractivity contribution in [1.29, 1.82) is 0 Å². The maximum Gasteiger partial charge on any atom is 0.417 e. The number of nitrogens with two attached hydrogens (primary N) is 1. The van der Waals surface area contributed by atoms with Crippen LogP contribution in [0.2, 0.25) is 0 Å². The Balaban J connectivity index is 2.30. The molecule has 112 valence electrons. The molecule has 0 bridgehead atoms. The monoisotopic (exact) mass is 359 g/mol. The fourth-order valence-corrected chi connectivity index (χ4v) is 2.48. The van der Waals surface area contributed by atoms with E-state index in [1.165, 1.54) is 6.07 Å². The van der Waals surface area contributed by atoms with Gasteiger partial charge >= 0.3 is 6.18 Å². The zero-order chi connectivity index (χ0) is 15.5. The minimum atomic E-state index is -4.41. The van der Waals surface area contributed by atoms with Gasteiger partial charge in [-0.1, -0.05) is 28.1 Å². The summed E-state index contributed by atoms with van der Waals surface area (Å²) in [4.78, 5) is 3.98. The number of halogens is 4. The zero-order valence-electron chi connectivity index (χ0n) is 10.9. The van der Waals surface area contributed by atoms with Crippen LogP contribution < -0.4 is 11.3 Å². The van der Waals surface area contributed by atoms with E-state index in [9.17, 15) is 13.2 Å². The Morgan fingerprint density at radius 2 is 2.05 bits per heavy atom. The van der Waals surface area contributed by atoms with E-state index in [0.29, 0.717) is 12.0 Å². The maximum atomic E-state index is 12.9. The Morgan fingerprint density at radius 3 is 2.62 bits per heavy atom. The highest BCUT2D eigenvalue weighted by Gasteiger charge is 2.33. The van der Waals surface area contributed by atoms with Gasteiger partial charge in [-0.15, -0.1) is 0 Å². The number of hydrogen-bond donors (Lipinski definition) is 2. The van der Waals surface area contributed by atoms with Gasteiger partial charge in [0, 0.05) is 16.9 Å². The number of alkyl halides is 3. The third-order valence-electron chi connectivity index (χ3n) is 3.06. The number of rotatable bonds is 4. The Hall–Kier alpha value is -1.44. The molecule has 0 fully saturated rings. The Bertz CT molecular complexity index is 602. The molecule has 2 aromatic rings. The van der Waals surface area contributed by atoms with Gasteiger partial charge in [0.05, 0.1) is 11.6 Å². The van der Waals surface area contributed by atoms with E-state index < -0.39 is 17.8 Å². The summed E-state index contributed by atoms with van der Waals surface area (Å²) >= 11 is 2.92. The van der Waals surface area contributed by atoms with Crippen LogP contribution in [-0.2, 0) is 12.6 Å². The number of nitrogens with one attached hydrogen (secondary N) is 1. The molecule has 3 nitrogen and oxygen atoms in total. The van der Waals surface area contributed by atoms with Gasteiger partial charge in [0.2, 0.25) is 0 Å². The summed E-state index contributed by atoms with van der Waals surface area (Å²) in [6, 6.07) is 7.28. The van der Waals surface area contributed by atoms with Crippen LogP contribution in [0.1, 0.15) is 22.7 Å². The number of nitrogens with zero attached hydrogens (tertiary/aromatic N) is 1. The van der Waals surface area contributed by atoms with Crippen LogP contribution in [-0.4, -0.2) is 4.98 Å². The molecule has 0 saturated carbocycles. The molecule has 1 aromatic heterocycles. The first kappa shape index (κ1) is 15.9. The summed E-state index contributed by atoms with van der Waals surface area (Å²) in [6.45, 7) is 0. The van der Waals surface area contributed by atoms with Gasteiger partial charge in [-0.05, 0) is 35.7 Å². The van der Waals surface area contributed by atoms with Crippen molar-refractivity contribution in [3.05, 3.63) is 63.9 Å². The molecule has 0 aliphatic rings. The molecule has 3 N–H and O–H groups in total. The molecule has 1 aromatic carbocycles. The average molecular weight is 360 g/mol. The smallest absolute Gasteiger partial charge is 0.271 e. The van der Waals surface area contributed by atoms with E-state index in [1.54, 1.807) is 24.5 Å². The standard InChI is InChI=1S/C14H13BrF3N3/c15-12-4-3-10(7-11(12)14(16,17)18)13(21-19)6-9-2-1-5-20-8-9/h1-5,7-8,13,21H,6,19H2. The average Bonchev–Trinajstić information content (AvgIpc) is 2.45. The third-order valence-corrected chi connectivity index (χ3v) is 3.75. The lowest BCUT2D eigenvalue weighted by Crippen LogP contribution is -2.29. The summed E-state index contributed by atoms with van der Waals surface area (Å²) in [5.41, 5.74) is 3.19. The summed E-state index contributed by atoms with van der Waals surface area (Å²) < 4.78 is 38.8. The van der Waals surface area contributed by atoms with Crippen molar-refractivity contribution >= 4 is 15.9 Å². The SMILES string of the molecule is NNC(Cc1cccnc1)c1ccc(Br)c(C(F)(F)F)c1. The third kappa shape index (κ3) is 4.03. The van der Waals surface area contributed by atoms with Crippen LogP contribution in [0.15, 0.2) is 47.2 Å². The first-order valence-electron chi connectivity index (χ1n) is 6.13. The van der Waals surface area contributed by atoms with Gasteiger partial charge in [-0.25, -0.2) is 0 Å². The Kier molecular flexibility index (Phi) is 4.97. The Morgan fingerprint density at radius 1 is 1.29 bits per heavy atom. The number of pyridine rings is 1. The van der Waals surface area contributed by atoms with Gasteiger partial charge < -0.3 is 0 Å². The number of hydrazine groups is 1. The normalized spacial score (nSPS) is 13.2. The fraction of sp³-hybridized carbons (Fsp3) is 0.214. The van der Waals surface area contributed by atoms with E-state index in [4.69, 9.17) is 5.84 Å². The molecule has 0 radical (unpaired) electrons. The molecule has 0 spiro atoms. The number of aromatic nitrogens is 1. The quantitative estimate of drug-likeness (QED) is 0.647. The summed E-state index contributed by atoms with van der Waals surface area (Å²) in [6.07, 6.45) is -0.671. The van der Waals surface area contributed by atoms with E-state index in [1.807, 2.05) is 6.07 Å². The van der Waals surface area contributed by atoms with Crippen LogP contribution >= 0.6 is 15.9 Å². The van der Waals surface area contributed by atoms with E-state index in [-0.39, 0.29) is 4.47 Å². The summed E-state index contributed by atoms with van der Waals surface area (Å²) in [5.74, 6) is 5.49. The molecule has 7 heteroatoms. The number of benzene rings is 1. The second-order valence-electron chi connectivity index (χ2n) is 4.52. The van der Waals surface area contributed by atoms with Crippen LogP contribution in [0.3, 0.4) is 0 Å². The van der Waals surface area contributed by atoms with Crippen LogP contribution in [0, 0.1) is 0 Å². The lowest BCUT2D eigenvalue weighted by Gasteiger charge is -2.18. The lowest BCUT2D eigenvalue weighted by molar-refractivity contribution is -0.138. The second kappa shape index (κ2) is 6.55. The first-order valence-corrected chi connectivity index (χ1v) is 6.93. The summed E-state index contributed by atoms with van der Waals surface area (Å²) in [7, 11) is 0. The van der Waals surface area contributed by atoms with Gasteiger partial charge in [-0.3, -0.25) is 16.3 Å². The van der Waals surface area contributed by atoms with Crippen molar-refractivity contribution < 1.29 is 13.2 Å². The predicted molar refractivity (Wildman–Crippen MR) is 77.1 cm³/mol. The first-order chi connectivity index (χ1) is 9.91. The van der Waals surface area contributed by atoms with Crippen molar-refractivity contribution in [3.63, 3.8) is 0 Å². The molecular weight excluding hydrogens is 347 g/mol. The molecule has 0 aliphatic heterocycles. The molecule has 0 amide bonds. The molecular formula is C14H13BrF3N3. The van der Waals surface area contributed by atoms with Gasteiger partial charge in [-0.2, -0.15) is 13.2 Å². The molecule has 1 unspecified atom stereocenters. The fourth-order valence-electron chi connectivity index (χ4n) is 2.00. The lowest BCUT2D eigenvalue weighted by atomic mass is 9.98.